The summed E-state index contributed by atoms with van der Waals surface area (Å²) in [4.78, 5) is 24.7. The third kappa shape index (κ3) is 5.42. The summed E-state index contributed by atoms with van der Waals surface area (Å²) in [7, 11) is -3.24. The van der Waals surface area contributed by atoms with Crippen LogP contribution < -0.4 is 0 Å². The highest BCUT2D eigenvalue weighted by atomic mass is 32.2. The van der Waals surface area contributed by atoms with Crippen molar-refractivity contribution in [3.63, 3.8) is 0 Å². The second-order valence-corrected chi connectivity index (χ2v) is 8.66. The standard InChI is InChI=1S/C15H26N2O6S/c1-2-24(21,22)16-7-5-13(6-8-16)17(9-15(19)20)14(18)11-23-10-12-3-4-12/h12-13H,2-11H2,1H3,(H,19,20). The molecule has 1 saturated heterocycles. The second kappa shape index (κ2) is 8.26. The van der Waals surface area contributed by atoms with Gasteiger partial charge in [-0.2, -0.15) is 0 Å². The maximum Gasteiger partial charge on any atom is 0.323 e. The molecule has 0 aromatic heterocycles. The number of hydrogen-bond donors (Lipinski definition) is 1. The van der Waals surface area contributed by atoms with Crippen molar-refractivity contribution >= 4 is 21.9 Å². The highest BCUT2D eigenvalue weighted by molar-refractivity contribution is 7.89. The van der Waals surface area contributed by atoms with Crippen molar-refractivity contribution in [2.75, 3.05) is 38.6 Å². The van der Waals surface area contributed by atoms with Crippen LogP contribution in [0.1, 0.15) is 32.6 Å². The maximum absolute atomic E-state index is 12.3. The Hall–Kier alpha value is -1.19. The molecule has 1 aliphatic carbocycles. The molecule has 2 rings (SSSR count). The van der Waals surface area contributed by atoms with Crippen molar-refractivity contribution in [3.8, 4) is 0 Å². The zero-order valence-electron chi connectivity index (χ0n) is 14.0. The number of carbonyl (C=O) groups is 2. The number of piperidine rings is 1. The number of nitrogens with zero attached hydrogens (tertiary/aromatic N) is 2. The Labute approximate surface area is 142 Å². The Balaban J connectivity index is 1.90. The third-order valence-electron chi connectivity index (χ3n) is 4.52. The second-order valence-electron chi connectivity index (χ2n) is 6.40. The largest absolute Gasteiger partial charge is 0.480 e. The van der Waals surface area contributed by atoms with E-state index in [9.17, 15) is 18.0 Å². The molecule has 1 saturated carbocycles. The molecule has 0 unspecified atom stereocenters. The Kier molecular flexibility index (Phi) is 6.59. The van der Waals surface area contributed by atoms with Gasteiger partial charge < -0.3 is 14.7 Å². The van der Waals surface area contributed by atoms with Crippen LogP contribution in [0.4, 0.5) is 0 Å². The van der Waals surface area contributed by atoms with Crippen molar-refractivity contribution in [1.29, 1.82) is 0 Å². The van der Waals surface area contributed by atoms with E-state index in [4.69, 9.17) is 9.84 Å². The van der Waals surface area contributed by atoms with Gasteiger partial charge in [-0.25, -0.2) is 12.7 Å². The topological polar surface area (TPSA) is 104 Å². The molecule has 0 aromatic carbocycles. The number of carboxylic acids is 1. The molecule has 1 heterocycles. The molecule has 138 valence electrons. The molecule has 9 heteroatoms. The van der Waals surface area contributed by atoms with Crippen molar-refractivity contribution in [1.82, 2.24) is 9.21 Å². The molecule has 1 amide bonds. The van der Waals surface area contributed by atoms with E-state index in [0.29, 0.717) is 38.5 Å². The summed E-state index contributed by atoms with van der Waals surface area (Å²) < 4.78 is 30.6. The molecule has 0 bridgehead atoms. The lowest BCUT2D eigenvalue weighted by Gasteiger charge is -2.37. The molecule has 0 radical (unpaired) electrons. The van der Waals surface area contributed by atoms with Crippen LogP contribution in [0.5, 0.6) is 0 Å². The fourth-order valence-electron chi connectivity index (χ4n) is 2.86. The van der Waals surface area contributed by atoms with Gasteiger partial charge in [0.25, 0.3) is 0 Å². The highest BCUT2D eigenvalue weighted by Gasteiger charge is 2.33. The van der Waals surface area contributed by atoms with Crippen LogP contribution in [0.2, 0.25) is 0 Å². The average molecular weight is 362 g/mol. The quantitative estimate of drug-likeness (QED) is 0.626. The number of amides is 1. The van der Waals surface area contributed by atoms with E-state index in [-0.39, 0.29) is 30.9 Å². The van der Waals surface area contributed by atoms with Crippen LogP contribution in [-0.4, -0.2) is 79.2 Å². The minimum Gasteiger partial charge on any atom is -0.480 e. The molecule has 2 fully saturated rings. The van der Waals surface area contributed by atoms with E-state index in [1.165, 1.54) is 9.21 Å². The van der Waals surface area contributed by atoms with Crippen LogP contribution in [0, 0.1) is 5.92 Å². The molecule has 0 spiro atoms. The van der Waals surface area contributed by atoms with Gasteiger partial charge >= 0.3 is 5.97 Å². The first kappa shape index (κ1) is 19.1. The van der Waals surface area contributed by atoms with E-state index in [1.54, 1.807) is 6.92 Å². The summed E-state index contributed by atoms with van der Waals surface area (Å²) in [6, 6.07) is -0.263. The predicted octanol–water partition coefficient (Wildman–Crippen LogP) is 0.140. The first-order valence-corrected chi connectivity index (χ1v) is 10.0. The smallest absolute Gasteiger partial charge is 0.323 e. The molecule has 0 atom stereocenters. The average Bonchev–Trinajstić information content (AvgIpc) is 3.36. The zero-order chi connectivity index (χ0) is 17.7. The number of carbonyl (C=O) groups excluding carboxylic acids is 1. The van der Waals surface area contributed by atoms with E-state index < -0.39 is 16.0 Å². The molecule has 1 aliphatic heterocycles. The first-order chi connectivity index (χ1) is 11.3. The minimum absolute atomic E-state index is 0.0461. The fraction of sp³-hybridized carbons (Fsp3) is 0.867. The summed E-state index contributed by atoms with van der Waals surface area (Å²) in [5, 5.41) is 9.07. The summed E-state index contributed by atoms with van der Waals surface area (Å²) in [5.74, 6) is -0.832. The van der Waals surface area contributed by atoms with Gasteiger partial charge in [-0.3, -0.25) is 9.59 Å². The Morgan fingerprint density at radius 2 is 1.83 bits per heavy atom. The first-order valence-electron chi connectivity index (χ1n) is 8.40. The molecule has 1 N–H and O–H groups in total. The van der Waals surface area contributed by atoms with Gasteiger partial charge in [0, 0.05) is 19.1 Å². The Morgan fingerprint density at radius 3 is 2.33 bits per heavy atom. The third-order valence-corrected chi connectivity index (χ3v) is 6.41. The minimum atomic E-state index is -3.24. The number of sulfonamides is 1. The van der Waals surface area contributed by atoms with Gasteiger partial charge in [-0.15, -0.1) is 0 Å². The highest BCUT2D eigenvalue weighted by Crippen LogP contribution is 2.28. The van der Waals surface area contributed by atoms with E-state index in [0.717, 1.165) is 12.8 Å². The van der Waals surface area contributed by atoms with E-state index in [1.807, 2.05) is 0 Å². The number of rotatable bonds is 9. The maximum atomic E-state index is 12.3. The fourth-order valence-corrected chi connectivity index (χ4v) is 3.99. The number of hydrogen-bond acceptors (Lipinski definition) is 5. The van der Waals surface area contributed by atoms with Crippen molar-refractivity contribution < 1.29 is 27.9 Å². The number of aliphatic carboxylic acids is 1. The monoisotopic (exact) mass is 362 g/mol. The van der Waals surface area contributed by atoms with E-state index >= 15 is 0 Å². The van der Waals surface area contributed by atoms with Gasteiger partial charge in [0.2, 0.25) is 15.9 Å². The van der Waals surface area contributed by atoms with Gasteiger partial charge in [0.05, 0.1) is 12.4 Å². The van der Waals surface area contributed by atoms with Crippen LogP contribution in [0.25, 0.3) is 0 Å². The van der Waals surface area contributed by atoms with Crippen molar-refractivity contribution in [2.45, 2.75) is 38.6 Å². The normalized spacial score (nSPS) is 20.0. The number of carboxylic acid groups (broad SMARTS) is 1. The molecule has 24 heavy (non-hydrogen) atoms. The number of ether oxygens (including phenoxy) is 1. The predicted molar refractivity (Wildman–Crippen MR) is 86.9 cm³/mol. The summed E-state index contributed by atoms with van der Waals surface area (Å²) >= 11 is 0. The lowest BCUT2D eigenvalue weighted by Crippen LogP contribution is -2.51. The summed E-state index contributed by atoms with van der Waals surface area (Å²) in [6.07, 6.45) is 3.14. The van der Waals surface area contributed by atoms with Gasteiger partial charge in [-0.1, -0.05) is 0 Å². The van der Waals surface area contributed by atoms with Crippen LogP contribution in [-0.2, 0) is 24.3 Å². The lowest BCUT2D eigenvalue weighted by atomic mass is 10.0. The van der Waals surface area contributed by atoms with Crippen LogP contribution in [0.3, 0.4) is 0 Å². The summed E-state index contributed by atoms with van der Waals surface area (Å²) in [6.45, 7) is 2.27. The Morgan fingerprint density at radius 1 is 1.21 bits per heavy atom. The van der Waals surface area contributed by atoms with Crippen LogP contribution >= 0.6 is 0 Å². The molecule has 0 aromatic rings. The lowest BCUT2D eigenvalue weighted by molar-refractivity contribution is -0.149. The van der Waals surface area contributed by atoms with Gasteiger partial charge in [0.1, 0.15) is 13.2 Å². The molecule has 8 nitrogen and oxygen atoms in total. The van der Waals surface area contributed by atoms with E-state index in [2.05, 4.69) is 0 Å². The Bertz CT molecular complexity index is 552. The zero-order valence-corrected chi connectivity index (χ0v) is 14.8. The van der Waals surface area contributed by atoms with Gasteiger partial charge in [-0.05, 0) is 38.5 Å². The SMILES string of the molecule is CCS(=O)(=O)N1CCC(N(CC(=O)O)C(=O)COCC2CC2)CC1. The molecule has 2 aliphatic rings. The van der Waals surface area contributed by atoms with Gasteiger partial charge in [0.15, 0.2) is 0 Å². The van der Waals surface area contributed by atoms with Crippen LogP contribution in [0.15, 0.2) is 0 Å². The van der Waals surface area contributed by atoms with Crippen molar-refractivity contribution in [2.24, 2.45) is 5.92 Å². The molecular formula is C15H26N2O6S. The molecular weight excluding hydrogens is 336 g/mol. The summed E-state index contributed by atoms with van der Waals surface area (Å²) in [5.41, 5.74) is 0. The van der Waals surface area contributed by atoms with Crippen molar-refractivity contribution in [3.05, 3.63) is 0 Å².